The predicted octanol–water partition coefficient (Wildman–Crippen LogP) is 4.73. The SMILES string of the molecule is CC(C)c1ccc2nc(N3CCc4ccccc4C3)c(C=O)cc2c1. The molecule has 1 aliphatic heterocycles. The predicted molar refractivity (Wildman–Crippen MR) is 102 cm³/mol. The molecule has 0 bridgehead atoms. The maximum absolute atomic E-state index is 11.7. The van der Waals surface area contributed by atoms with Crippen molar-refractivity contribution in [2.24, 2.45) is 0 Å². The second kappa shape index (κ2) is 6.32. The third kappa shape index (κ3) is 2.91. The second-order valence-electron chi connectivity index (χ2n) is 7.07. The van der Waals surface area contributed by atoms with Crippen LogP contribution in [-0.4, -0.2) is 17.8 Å². The topological polar surface area (TPSA) is 33.2 Å². The first kappa shape index (κ1) is 15.8. The lowest BCUT2D eigenvalue weighted by molar-refractivity contribution is 0.112. The molecule has 3 heteroatoms. The van der Waals surface area contributed by atoms with Gasteiger partial charge in [-0.15, -0.1) is 0 Å². The van der Waals surface area contributed by atoms with Gasteiger partial charge in [0.1, 0.15) is 5.82 Å². The van der Waals surface area contributed by atoms with Crippen molar-refractivity contribution in [3.8, 4) is 0 Å². The number of benzene rings is 2. The Morgan fingerprint density at radius 3 is 2.64 bits per heavy atom. The van der Waals surface area contributed by atoms with Gasteiger partial charge in [-0.1, -0.05) is 44.2 Å². The summed E-state index contributed by atoms with van der Waals surface area (Å²) >= 11 is 0. The number of nitrogens with zero attached hydrogens (tertiary/aromatic N) is 2. The summed E-state index contributed by atoms with van der Waals surface area (Å²) in [6.07, 6.45) is 1.92. The molecule has 0 amide bonds. The van der Waals surface area contributed by atoms with E-state index in [1.54, 1.807) is 0 Å². The van der Waals surface area contributed by atoms with Crippen molar-refractivity contribution in [3.63, 3.8) is 0 Å². The smallest absolute Gasteiger partial charge is 0.153 e. The number of pyridine rings is 1. The first-order chi connectivity index (χ1) is 12.2. The van der Waals surface area contributed by atoms with Crippen LogP contribution in [-0.2, 0) is 13.0 Å². The number of aromatic nitrogens is 1. The van der Waals surface area contributed by atoms with Crippen LogP contribution in [0.3, 0.4) is 0 Å². The number of anilines is 1. The summed E-state index contributed by atoms with van der Waals surface area (Å²) in [4.78, 5) is 18.8. The van der Waals surface area contributed by atoms with E-state index in [1.165, 1.54) is 16.7 Å². The van der Waals surface area contributed by atoms with Crippen molar-refractivity contribution in [1.82, 2.24) is 4.98 Å². The lowest BCUT2D eigenvalue weighted by atomic mass is 9.98. The minimum Gasteiger partial charge on any atom is -0.351 e. The molecular formula is C22H22N2O. The molecule has 126 valence electrons. The summed E-state index contributed by atoms with van der Waals surface area (Å²) in [5.41, 5.74) is 5.61. The van der Waals surface area contributed by atoms with Crippen LogP contribution in [0.25, 0.3) is 10.9 Å². The quantitative estimate of drug-likeness (QED) is 0.651. The maximum atomic E-state index is 11.7. The summed E-state index contributed by atoms with van der Waals surface area (Å²) in [6.45, 7) is 6.05. The van der Waals surface area contributed by atoms with Gasteiger partial charge in [-0.2, -0.15) is 0 Å². The standard InChI is InChI=1S/C22H22N2O/c1-15(2)17-7-8-21-19(11-17)12-20(14-25)22(23-21)24-10-9-16-5-3-4-6-18(16)13-24/h3-8,11-12,14-15H,9-10,13H2,1-2H3. The van der Waals surface area contributed by atoms with Crippen LogP contribution in [0.1, 0.15) is 46.8 Å². The van der Waals surface area contributed by atoms with Crippen molar-refractivity contribution in [2.45, 2.75) is 32.7 Å². The van der Waals surface area contributed by atoms with Crippen LogP contribution in [0.15, 0.2) is 48.5 Å². The molecule has 0 aliphatic carbocycles. The molecule has 1 aliphatic rings. The van der Waals surface area contributed by atoms with Gasteiger partial charge in [-0.25, -0.2) is 4.98 Å². The number of aldehydes is 1. The highest BCUT2D eigenvalue weighted by Crippen LogP contribution is 2.29. The molecule has 25 heavy (non-hydrogen) atoms. The van der Waals surface area contributed by atoms with Gasteiger partial charge in [0, 0.05) is 18.5 Å². The summed E-state index contributed by atoms with van der Waals surface area (Å²) < 4.78 is 0. The lowest BCUT2D eigenvalue weighted by Gasteiger charge is -2.30. The van der Waals surface area contributed by atoms with E-state index in [9.17, 15) is 4.79 Å². The van der Waals surface area contributed by atoms with E-state index in [0.29, 0.717) is 11.5 Å². The number of rotatable bonds is 3. The Hall–Kier alpha value is -2.68. The molecule has 0 N–H and O–H groups in total. The molecule has 0 radical (unpaired) electrons. The third-order valence-corrected chi connectivity index (χ3v) is 5.07. The number of carbonyl (C=O) groups excluding carboxylic acids is 1. The monoisotopic (exact) mass is 330 g/mol. The van der Waals surface area contributed by atoms with E-state index in [-0.39, 0.29) is 0 Å². The molecule has 3 aromatic rings. The van der Waals surface area contributed by atoms with Gasteiger partial charge in [-0.3, -0.25) is 4.79 Å². The van der Waals surface area contributed by atoms with Crippen molar-refractivity contribution < 1.29 is 4.79 Å². The lowest BCUT2D eigenvalue weighted by Crippen LogP contribution is -2.31. The zero-order valence-corrected chi connectivity index (χ0v) is 14.7. The normalized spacial score (nSPS) is 14.0. The van der Waals surface area contributed by atoms with Crippen LogP contribution in [0.5, 0.6) is 0 Å². The Kier molecular flexibility index (Phi) is 4.00. The Morgan fingerprint density at radius 1 is 1.08 bits per heavy atom. The second-order valence-corrected chi connectivity index (χ2v) is 7.07. The summed E-state index contributed by atoms with van der Waals surface area (Å²) in [5, 5.41) is 1.04. The fourth-order valence-electron chi connectivity index (χ4n) is 3.58. The van der Waals surface area contributed by atoms with Gasteiger partial charge in [0.2, 0.25) is 0 Å². The molecule has 0 atom stereocenters. The molecule has 2 heterocycles. The number of fused-ring (bicyclic) bond motifs is 2. The molecule has 0 unspecified atom stereocenters. The molecule has 1 aromatic heterocycles. The Morgan fingerprint density at radius 2 is 1.88 bits per heavy atom. The van der Waals surface area contributed by atoms with Crippen molar-refractivity contribution in [1.29, 1.82) is 0 Å². The van der Waals surface area contributed by atoms with E-state index < -0.39 is 0 Å². The molecule has 0 saturated heterocycles. The van der Waals surface area contributed by atoms with Gasteiger partial charge in [0.15, 0.2) is 6.29 Å². The Balaban J connectivity index is 1.77. The van der Waals surface area contributed by atoms with E-state index in [2.05, 4.69) is 61.2 Å². The minimum atomic E-state index is 0.461. The Bertz CT molecular complexity index is 946. The highest BCUT2D eigenvalue weighted by atomic mass is 16.1. The molecule has 0 spiro atoms. The first-order valence-corrected chi connectivity index (χ1v) is 8.87. The molecular weight excluding hydrogens is 308 g/mol. The number of hydrogen-bond donors (Lipinski definition) is 0. The fourth-order valence-corrected chi connectivity index (χ4v) is 3.58. The van der Waals surface area contributed by atoms with Crippen molar-refractivity contribution in [2.75, 3.05) is 11.4 Å². The van der Waals surface area contributed by atoms with E-state index in [0.717, 1.165) is 42.5 Å². The van der Waals surface area contributed by atoms with Crippen molar-refractivity contribution >= 4 is 23.0 Å². The highest BCUT2D eigenvalue weighted by Gasteiger charge is 2.20. The molecule has 0 saturated carbocycles. The van der Waals surface area contributed by atoms with Crippen LogP contribution in [0.4, 0.5) is 5.82 Å². The molecule has 0 fully saturated rings. The zero-order valence-electron chi connectivity index (χ0n) is 14.7. The average molecular weight is 330 g/mol. The molecule has 4 rings (SSSR count). The van der Waals surface area contributed by atoms with Crippen molar-refractivity contribution in [3.05, 3.63) is 70.8 Å². The van der Waals surface area contributed by atoms with Crippen LogP contribution in [0, 0.1) is 0 Å². The maximum Gasteiger partial charge on any atom is 0.153 e. The van der Waals surface area contributed by atoms with Gasteiger partial charge >= 0.3 is 0 Å². The van der Waals surface area contributed by atoms with Gasteiger partial charge in [0.25, 0.3) is 0 Å². The molecule has 2 aromatic carbocycles. The Labute approximate surface area is 148 Å². The average Bonchev–Trinajstić information content (AvgIpc) is 2.66. The largest absolute Gasteiger partial charge is 0.351 e. The van der Waals surface area contributed by atoms with Crippen LogP contribution in [0.2, 0.25) is 0 Å². The van der Waals surface area contributed by atoms with Gasteiger partial charge in [-0.05, 0) is 47.2 Å². The van der Waals surface area contributed by atoms with E-state index in [4.69, 9.17) is 4.98 Å². The first-order valence-electron chi connectivity index (χ1n) is 8.87. The summed E-state index contributed by atoms with van der Waals surface area (Å²) in [5.74, 6) is 1.26. The number of hydrogen-bond acceptors (Lipinski definition) is 3. The minimum absolute atomic E-state index is 0.461. The summed E-state index contributed by atoms with van der Waals surface area (Å²) in [6, 6.07) is 16.9. The molecule has 3 nitrogen and oxygen atoms in total. The van der Waals surface area contributed by atoms with Crippen LogP contribution >= 0.6 is 0 Å². The third-order valence-electron chi connectivity index (χ3n) is 5.07. The van der Waals surface area contributed by atoms with Gasteiger partial charge in [0.05, 0.1) is 11.1 Å². The fraction of sp³-hybridized carbons (Fsp3) is 0.273. The van der Waals surface area contributed by atoms with Gasteiger partial charge < -0.3 is 4.90 Å². The van der Waals surface area contributed by atoms with E-state index in [1.807, 2.05) is 6.07 Å². The number of carbonyl (C=O) groups is 1. The zero-order chi connectivity index (χ0) is 17.4. The van der Waals surface area contributed by atoms with E-state index >= 15 is 0 Å². The highest BCUT2D eigenvalue weighted by molar-refractivity contribution is 5.92. The summed E-state index contributed by atoms with van der Waals surface area (Å²) in [7, 11) is 0. The van der Waals surface area contributed by atoms with Crippen LogP contribution < -0.4 is 4.90 Å².